The molecule has 31 heavy (non-hydrogen) atoms. The number of β-amino-alcohol motifs (C(OH)–C–C–N with tert-alkyl or cyclic N) is 1. The number of likely N-dealkylation sites (tertiary alicyclic amines) is 1. The van der Waals surface area contributed by atoms with Gasteiger partial charge in [0.25, 0.3) is 0 Å². The zero-order chi connectivity index (χ0) is 20.6. The van der Waals surface area contributed by atoms with Crippen LogP contribution in [0.2, 0.25) is 0 Å². The van der Waals surface area contributed by atoms with Crippen LogP contribution in [0.4, 0.5) is 0 Å². The summed E-state index contributed by atoms with van der Waals surface area (Å²) < 4.78 is 5.75. The lowest BCUT2D eigenvalue weighted by Crippen LogP contribution is -2.51. The number of hydrogen-bond acceptors (Lipinski definition) is 5. The highest BCUT2D eigenvalue weighted by atomic mass is 35.5. The van der Waals surface area contributed by atoms with Crippen molar-refractivity contribution >= 4 is 30.7 Å². The SMILES string of the molecule is Cc1ccc(OCC(O)CN2CCN(C(=O)CCN3CCCCC3)CC2)cc1C.Cl.Cl. The molecular weight excluding hydrogens is 437 g/mol. The van der Waals surface area contributed by atoms with E-state index in [-0.39, 0.29) is 37.3 Å². The highest BCUT2D eigenvalue weighted by molar-refractivity contribution is 5.85. The molecule has 2 fully saturated rings. The first-order valence-corrected chi connectivity index (χ1v) is 11.1. The number of carbonyl (C=O) groups excluding carboxylic acids is 1. The number of ether oxygens (including phenoxy) is 1. The van der Waals surface area contributed by atoms with E-state index in [1.165, 1.54) is 30.4 Å². The monoisotopic (exact) mass is 475 g/mol. The van der Waals surface area contributed by atoms with Crippen LogP contribution in [0.1, 0.15) is 36.8 Å². The zero-order valence-corrected chi connectivity index (χ0v) is 20.6. The smallest absolute Gasteiger partial charge is 0.223 e. The fourth-order valence-electron chi connectivity index (χ4n) is 4.12. The minimum atomic E-state index is -0.530. The van der Waals surface area contributed by atoms with Gasteiger partial charge in [-0.05, 0) is 63.0 Å². The average molecular weight is 476 g/mol. The molecule has 1 aromatic carbocycles. The van der Waals surface area contributed by atoms with E-state index in [9.17, 15) is 9.90 Å². The Balaban J connectivity index is 0.00000240. The van der Waals surface area contributed by atoms with E-state index in [0.717, 1.165) is 51.6 Å². The van der Waals surface area contributed by atoms with Gasteiger partial charge in [-0.2, -0.15) is 0 Å². The van der Waals surface area contributed by atoms with E-state index >= 15 is 0 Å². The lowest BCUT2D eigenvalue weighted by molar-refractivity contribution is -0.133. The Labute approximate surface area is 199 Å². The van der Waals surface area contributed by atoms with Crippen molar-refractivity contribution in [1.82, 2.24) is 14.7 Å². The summed E-state index contributed by atoms with van der Waals surface area (Å²) in [6.07, 6.45) is 3.96. The summed E-state index contributed by atoms with van der Waals surface area (Å²) in [5, 5.41) is 10.3. The molecule has 0 radical (unpaired) electrons. The minimum Gasteiger partial charge on any atom is -0.491 e. The third-order valence-corrected chi connectivity index (χ3v) is 6.21. The third-order valence-electron chi connectivity index (χ3n) is 6.21. The normalized spacial score (nSPS) is 18.6. The molecule has 2 aliphatic heterocycles. The Bertz CT molecular complexity index is 663. The largest absolute Gasteiger partial charge is 0.491 e. The number of rotatable bonds is 8. The molecule has 0 bridgehead atoms. The Kier molecular flexibility index (Phi) is 12.8. The molecule has 3 rings (SSSR count). The van der Waals surface area contributed by atoms with Gasteiger partial charge >= 0.3 is 0 Å². The minimum absolute atomic E-state index is 0. The molecule has 0 aromatic heterocycles. The van der Waals surface area contributed by atoms with Gasteiger partial charge in [0.05, 0.1) is 0 Å². The van der Waals surface area contributed by atoms with Gasteiger partial charge in [0.2, 0.25) is 5.91 Å². The van der Waals surface area contributed by atoms with Crippen molar-refractivity contribution in [1.29, 1.82) is 0 Å². The van der Waals surface area contributed by atoms with Crippen molar-refractivity contribution in [2.24, 2.45) is 0 Å². The van der Waals surface area contributed by atoms with Crippen molar-refractivity contribution in [3.63, 3.8) is 0 Å². The second-order valence-corrected chi connectivity index (χ2v) is 8.54. The number of amides is 1. The number of aryl methyl sites for hydroxylation is 2. The van der Waals surface area contributed by atoms with E-state index in [1.54, 1.807) is 0 Å². The van der Waals surface area contributed by atoms with Crippen molar-refractivity contribution in [2.75, 3.05) is 59.0 Å². The van der Waals surface area contributed by atoms with E-state index in [2.05, 4.69) is 23.6 Å². The lowest BCUT2D eigenvalue weighted by atomic mass is 10.1. The standard InChI is InChI=1S/C23H37N3O3.2ClH/c1-19-6-7-22(16-20(19)2)29-18-21(27)17-25-12-14-26(15-13-25)23(28)8-11-24-9-4-3-5-10-24;;/h6-7,16,21,27H,3-5,8-15,17-18H2,1-2H3;2*1H. The maximum atomic E-state index is 12.5. The van der Waals surface area contributed by atoms with Crippen LogP contribution in [0.5, 0.6) is 5.75 Å². The molecule has 2 aliphatic rings. The van der Waals surface area contributed by atoms with E-state index in [0.29, 0.717) is 13.0 Å². The Morgan fingerprint density at radius 2 is 1.65 bits per heavy atom. The number of piperidine rings is 1. The summed E-state index contributed by atoms with van der Waals surface area (Å²) in [6.45, 7) is 11.3. The van der Waals surface area contributed by atoms with Crippen LogP contribution in [-0.2, 0) is 4.79 Å². The van der Waals surface area contributed by atoms with Gasteiger partial charge in [-0.3, -0.25) is 9.69 Å². The Morgan fingerprint density at radius 3 is 2.29 bits per heavy atom. The van der Waals surface area contributed by atoms with E-state index in [4.69, 9.17) is 4.74 Å². The van der Waals surface area contributed by atoms with Crippen LogP contribution in [0, 0.1) is 13.8 Å². The van der Waals surface area contributed by atoms with Gasteiger partial charge in [0.15, 0.2) is 0 Å². The molecule has 0 saturated carbocycles. The lowest BCUT2D eigenvalue weighted by Gasteiger charge is -2.36. The van der Waals surface area contributed by atoms with E-state index in [1.807, 2.05) is 23.1 Å². The summed E-state index contributed by atoms with van der Waals surface area (Å²) in [7, 11) is 0. The molecule has 0 spiro atoms. The molecule has 1 unspecified atom stereocenters. The topological polar surface area (TPSA) is 56.3 Å². The van der Waals surface area contributed by atoms with Crippen molar-refractivity contribution < 1.29 is 14.6 Å². The Hall–Kier alpha value is -1.05. The number of piperazine rings is 1. The summed E-state index contributed by atoms with van der Waals surface area (Å²) in [5.41, 5.74) is 2.43. The van der Waals surface area contributed by atoms with Gasteiger partial charge in [-0.25, -0.2) is 0 Å². The zero-order valence-electron chi connectivity index (χ0n) is 18.9. The highest BCUT2D eigenvalue weighted by Gasteiger charge is 2.23. The number of halogens is 2. The number of aliphatic hydroxyl groups is 1. The van der Waals surface area contributed by atoms with Crippen molar-refractivity contribution in [2.45, 2.75) is 45.6 Å². The molecule has 8 heteroatoms. The average Bonchev–Trinajstić information content (AvgIpc) is 2.74. The Morgan fingerprint density at radius 1 is 0.968 bits per heavy atom. The number of nitrogens with zero attached hydrogens (tertiary/aromatic N) is 3. The molecule has 0 aliphatic carbocycles. The van der Waals surface area contributed by atoms with Crippen molar-refractivity contribution in [3.8, 4) is 5.75 Å². The summed E-state index contributed by atoms with van der Waals surface area (Å²) in [4.78, 5) is 19.1. The van der Waals surface area contributed by atoms with Gasteiger partial charge in [-0.15, -0.1) is 24.8 Å². The molecule has 6 nitrogen and oxygen atoms in total. The molecule has 1 aromatic rings. The first-order chi connectivity index (χ1) is 14.0. The van der Waals surface area contributed by atoms with E-state index < -0.39 is 6.10 Å². The molecule has 1 atom stereocenters. The molecular formula is C23H39Cl2N3O3. The third kappa shape index (κ3) is 9.15. The molecule has 1 N–H and O–H groups in total. The molecule has 1 amide bonds. The maximum Gasteiger partial charge on any atom is 0.223 e. The molecule has 2 saturated heterocycles. The fourth-order valence-corrected chi connectivity index (χ4v) is 4.12. The van der Waals surface area contributed by atoms with Crippen molar-refractivity contribution in [3.05, 3.63) is 29.3 Å². The molecule has 2 heterocycles. The second kappa shape index (κ2) is 14.2. The van der Waals surface area contributed by atoms with Crippen LogP contribution >= 0.6 is 24.8 Å². The first-order valence-electron chi connectivity index (χ1n) is 11.1. The fraction of sp³-hybridized carbons (Fsp3) is 0.696. The van der Waals surface area contributed by atoms with Crippen LogP contribution in [0.15, 0.2) is 18.2 Å². The maximum absolute atomic E-state index is 12.5. The van der Waals surface area contributed by atoms with Crippen LogP contribution < -0.4 is 4.74 Å². The van der Waals surface area contributed by atoms with Crippen LogP contribution in [0.25, 0.3) is 0 Å². The van der Waals surface area contributed by atoms with Gasteiger partial charge in [0, 0.05) is 45.7 Å². The first kappa shape index (κ1) is 28.0. The molecule has 178 valence electrons. The summed E-state index contributed by atoms with van der Waals surface area (Å²) >= 11 is 0. The summed E-state index contributed by atoms with van der Waals surface area (Å²) in [6, 6.07) is 6.00. The number of aliphatic hydroxyl groups excluding tert-OH is 1. The second-order valence-electron chi connectivity index (χ2n) is 8.54. The van der Waals surface area contributed by atoms with Gasteiger partial charge in [0.1, 0.15) is 18.5 Å². The predicted molar refractivity (Wildman–Crippen MR) is 130 cm³/mol. The quantitative estimate of drug-likeness (QED) is 0.626. The number of carbonyl (C=O) groups is 1. The van der Waals surface area contributed by atoms with Crippen LogP contribution in [-0.4, -0.2) is 90.8 Å². The van der Waals surface area contributed by atoms with Crippen LogP contribution in [0.3, 0.4) is 0 Å². The van der Waals surface area contributed by atoms with Gasteiger partial charge < -0.3 is 19.6 Å². The predicted octanol–water partition coefficient (Wildman–Crippen LogP) is 2.91. The highest BCUT2D eigenvalue weighted by Crippen LogP contribution is 2.17. The number of benzene rings is 1. The number of hydrogen-bond donors (Lipinski definition) is 1. The summed E-state index contributed by atoms with van der Waals surface area (Å²) in [5.74, 6) is 1.07. The van der Waals surface area contributed by atoms with Gasteiger partial charge in [-0.1, -0.05) is 12.5 Å².